The lowest BCUT2D eigenvalue weighted by molar-refractivity contribution is -0.158. The molecule has 2 atom stereocenters. The Morgan fingerprint density at radius 3 is 1.20 bits per heavy atom. The minimum absolute atomic E-state index is 0.0591. The molecule has 54 heavy (non-hydrogen) atoms. The van der Waals surface area contributed by atoms with Crippen molar-refractivity contribution in [1.82, 2.24) is 15.5 Å². The summed E-state index contributed by atoms with van der Waals surface area (Å²) >= 11 is 4.06. The van der Waals surface area contributed by atoms with Gasteiger partial charge in [0.05, 0.1) is 0 Å². The first kappa shape index (κ1) is 51.4. The number of nitrogens with zero attached hydrogens (tertiary/aromatic N) is 1. The highest BCUT2D eigenvalue weighted by Crippen LogP contribution is 2.19. The smallest absolute Gasteiger partial charge is 0.326 e. The summed E-state index contributed by atoms with van der Waals surface area (Å²) in [5.74, 6) is -5.20. The van der Waals surface area contributed by atoms with E-state index < -0.39 is 54.2 Å². The van der Waals surface area contributed by atoms with Gasteiger partial charge in [-0.15, -0.1) is 0 Å². The molecule has 0 aliphatic carbocycles. The number of hydrogen-bond acceptors (Lipinski definition) is 7. The van der Waals surface area contributed by atoms with Gasteiger partial charge in [0.2, 0.25) is 23.6 Å². The van der Waals surface area contributed by atoms with Crippen LogP contribution in [0.4, 0.5) is 0 Å². The van der Waals surface area contributed by atoms with Gasteiger partial charge in [0, 0.05) is 25.0 Å². The topological polar surface area (TPSA) is 170 Å². The largest absolute Gasteiger partial charge is 0.480 e. The number of nitrogens with one attached hydrogen (secondary N) is 2. The van der Waals surface area contributed by atoms with Crippen LogP contribution in [0.2, 0.25) is 0 Å². The Morgan fingerprint density at radius 1 is 0.537 bits per heavy atom. The Hall–Kier alpha value is -2.63. The van der Waals surface area contributed by atoms with Crippen LogP contribution in [0.5, 0.6) is 0 Å². The summed E-state index contributed by atoms with van der Waals surface area (Å²) in [4.78, 5) is 76.1. The number of carbonyl (C=O) groups excluding carboxylic acids is 4. The second kappa shape index (κ2) is 36.0. The number of rotatable bonds is 38. The van der Waals surface area contributed by atoms with Crippen molar-refractivity contribution in [2.24, 2.45) is 0 Å². The van der Waals surface area contributed by atoms with E-state index in [0.717, 1.165) is 56.3 Å². The number of aliphatic carboxylic acids is 2. The minimum atomic E-state index is -1.52. The fourth-order valence-electron chi connectivity index (χ4n) is 6.69. The molecule has 12 heteroatoms. The third kappa shape index (κ3) is 28.8. The number of carboxylic acids is 2. The van der Waals surface area contributed by atoms with Crippen molar-refractivity contribution in [3.05, 3.63) is 0 Å². The molecule has 0 aliphatic rings. The maximum absolute atomic E-state index is 13.5. The highest BCUT2D eigenvalue weighted by molar-refractivity contribution is 7.80. The standard InChI is InChI=1S/C42H77N3O8S/c1-3-5-7-9-11-13-15-17-19-21-23-25-27-29-38(47)45(39(48)30-28-26-24-22-20-18-16-14-12-10-8-6-4-2)36(42(52)53)31-32-37(46)44-35(34-54)41(51)43-33-40(49)50/h35-36,54H,3-34H2,1-2H3,(H,43,51)(H,44,46)(H,49,50)(H,52,53)/t35-,36-/m0/s1. The molecule has 0 saturated heterocycles. The Kier molecular flexibility index (Phi) is 34.3. The normalized spacial score (nSPS) is 12.2. The highest BCUT2D eigenvalue weighted by atomic mass is 32.1. The predicted molar refractivity (Wildman–Crippen MR) is 220 cm³/mol. The molecule has 0 spiro atoms. The molecular weight excluding hydrogens is 707 g/mol. The maximum Gasteiger partial charge on any atom is 0.326 e. The van der Waals surface area contributed by atoms with E-state index in [0.29, 0.717) is 12.8 Å². The molecule has 0 unspecified atom stereocenters. The van der Waals surface area contributed by atoms with E-state index in [4.69, 9.17) is 5.11 Å². The molecule has 0 aromatic rings. The summed E-state index contributed by atoms with van der Waals surface area (Å²) in [5.41, 5.74) is 0. The molecule has 0 bridgehead atoms. The van der Waals surface area contributed by atoms with Crippen molar-refractivity contribution in [2.45, 2.75) is 219 Å². The average molecular weight is 784 g/mol. The number of carbonyl (C=O) groups is 6. The maximum atomic E-state index is 13.5. The molecule has 0 heterocycles. The third-order valence-electron chi connectivity index (χ3n) is 10.0. The van der Waals surface area contributed by atoms with Crippen LogP contribution in [0.25, 0.3) is 0 Å². The zero-order valence-electron chi connectivity index (χ0n) is 34.0. The van der Waals surface area contributed by atoms with Gasteiger partial charge in [0.25, 0.3) is 0 Å². The average Bonchev–Trinajstić information content (AvgIpc) is 3.14. The molecule has 4 amide bonds. The van der Waals surface area contributed by atoms with E-state index in [-0.39, 0.29) is 31.4 Å². The van der Waals surface area contributed by atoms with Gasteiger partial charge >= 0.3 is 11.9 Å². The molecule has 11 nitrogen and oxygen atoms in total. The molecule has 0 fully saturated rings. The minimum Gasteiger partial charge on any atom is -0.480 e. The van der Waals surface area contributed by atoms with Crippen molar-refractivity contribution in [2.75, 3.05) is 12.3 Å². The van der Waals surface area contributed by atoms with Crippen LogP contribution in [0, 0.1) is 0 Å². The second-order valence-corrected chi connectivity index (χ2v) is 15.3. The molecular formula is C42H77N3O8S. The molecule has 314 valence electrons. The summed E-state index contributed by atoms with van der Waals surface area (Å²) in [5, 5.41) is 23.6. The first-order valence-corrected chi connectivity index (χ1v) is 22.2. The Labute approximate surface area is 332 Å². The number of unbranched alkanes of at least 4 members (excludes halogenated alkanes) is 24. The summed E-state index contributed by atoms with van der Waals surface area (Å²) in [6.45, 7) is 3.83. The summed E-state index contributed by atoms with van der Waals surface area (Å²) in [6, 6.07) is -2.65. The van der Waals surface area contributed by atoms with Gasteiger partial charge in [0.1, 0.15) is 18.6 Å². The van der Waals surface area contributed by atoms with Crippen molar-refractivity contribution in [3.63, 3.8) is 0 Å². The Bertz CT molecular complexity index is 986. The summed E-state index contributed by atoms with van der Waals surface area (Å²) < 4.78 is 0. The predicted octanol–water partition coefficient (Wildman–Crippen LogP) is 9.15. The number of amides is 4. The number of carboxylic acid groups (broad SMARTS) is 2. The second-order valence-electron chi connectivity index (χ2n) is 14.9. The monoisotopic (exact) mass is 784 g/mol. The Morgan fingerprint density at radius 2 is 0.889 bits per heavy atom. The first-order valence-electron chi connectivity index (χ1n) is 21.6. The number of hydrogen-bond donors (Lipinski definition) is 5. The van der Waals surface area contributed by atoms with Crippen molar-refractivity contribution < 1.29 is 39.0 Å². The van der Waals surface area contributed by atoms with Crippen LogP contribution in [-0.4, -0.2) is 75.1 Å². The van der Waals surface area contributed by atoms with Crippen molar-refractivity contribution >= 4 is 48.2 Å². The van der Waals surface area contributed by atoms with E-state index in [2.05, 4.69) is 37.1 Å². The van der Waals surface area contributed by atoms with Gasteiger partial charge < -0.3 is 20.8 Å². The van der Waals surface area contributed by atoms with Crippen LogP contribution in [0.15, 0.2) is 0 Å². The lowest BCUT2D eigenvalue weighted by Crippen LogP contribution is -2.51. The molecule has 0 rings (SSSR count). The molecule has 0 aliphatic heterocycles. The number of thiol groups is 1. The quantitative estimate of drug-likeness (QED) is 0.0305. The fourth-order valence-corrected chi connectivity index (χ4v) is 6.95. The van der Waals surface area contributed by atoms with Crippen LogP contribution in [0.3, 0.4) is 0 Å². The van der Waals surface area contributed by atoms with Gasteiger partial charge in [0.15, 0.2) is 0 Å². The van der Waals surface area contributed by atoms with Gasteiger partial charge in [-0.25, -0.2) is 4.79 Å². The van der Waals surface area contributed by atoms with Gasteiger partial charge in [-0.3, -0.25) is 28.9 Å². The zero-order chi connectivity index (χ0) is 40.2. The van der Waals surface area contributed by atoms with Crippen LogP contribution < -0.4 is 10.6 Å². The lowest BCUT2D eigenvalue weighted by Gasteiger charge is -2.28. The van der Waals surface area contributed by atoms with Crippen LogP contribution >= 0.6 is 12.6 Å². The molecule has 4 N–H and O–H groups in total. The fraction of sp³-hybridized carbons (Fsp3) is 0.857. The summed E-state index contributed by atoms with van der Waals surface area (Å²) in [7, 11) is 0. The Balaban J connectivity index is 5.03. The number of imide groups is 1. The summed E-state index contributed by atoms with van der Waals surface area (Å²) in [6.07, 6.45) is 29.2. The van der Waals surface area contributed by atoms with Gasteiger partial charge in [-0.2, -0.15) is 12.6 Å². The van der Waals surface area contributed by atoms with Crippen LogP contribution in [-0.2, 0) is 28.8 Å². The zero-order valence-corrected chi connectivity index (χ0v) is 34.9. The lowest BCUT2D eigenvalue weighted by atomic mass is 10.0. The van der Waals surface area contributed by atoms with Gasteiger partial charge in [-0.05, 0) is 19.3 Å². The molecule has 0 aromatic heterocycles. The molecule has 0 radical (unpaired) electrons. The van der Waals surface area contributed by atoms with Gasteiger partial charge in [-0.1, -0.05) is 168 Å². The van der Waals surface area contributed by atoms with E-state index in [9.17, 15) is 33.9 Å². The highest BCUT2D eigenvalue weighted by Gasteiger charge is 2.34. The van der Waals surface area contributed by atoms with Crippen molar-refractivity contribution in [1.29, 1.82) is 0 Å². The SMILES string of the molecule is CCCCCCCCCCCCCCCC(=O)N(C(=O)CCCCCCCCCCCCCCC)[C@@H](CCC(=O)N[C@@H](CS)C(=O)NCC(=O)O)C(=O)O. The van der Waals surface area contributed by atoms with E-state index >= 15 is 0 Å². The molecule has 0 aromatic carbocycles. The van der Waals surface area contributed by atoms with Crippen LogP contribution in [0.1, 0.15) is 206 Å². The molecule has 0 saturated carbocycles. The first-order chi connectivity index (χ1) is 26.1. The van der Waals surface area contributed by atoms with E-state index in [1.165, 1.54) is 103 Å². The van der Waals surface area contributed by atoms with Crippen molar-refractivity contribution in [3.8, 4) is 0 Å². The third-order valence-corrected chi connectivity index (χ3v) is 10.4. The van der Waals surface area contributed by atoms with E-state index in [1.54, 1.807) is 0 Å². The van der Waals surface area contributed by atoms with E-state index in [1.807, 2.05) is 0 Å².